The van der Waals surface area contributed by atoms with E-state index in [2.05, 4.69) is 24.1 Å². The summed E-state index contributed by atoms with van der Waals surface area (Å²) < 4.78 is 10.8. The van der Waals surface area contributed by atoms with Crippen molar-refractivity contribution in [2.75, 3.05) is 45.3 Å². The molecule has 1 aromatic rings. The molecule has 1 aliphatic heterocycles. The van der Waals surface area contributed by atoms with Crippen molar-refractivity contribution in [3.8, 4) is 5.75 Å². The van der Waals surface area contributed by atoms with Gasteiger partial charge in [0.1, 0.15) is 5.75 Å². The summed E-state index contributed by atoms with van der Waals surface area (Å²) in [6, 6.07) is 4.03. The second-order valence-electron chi connectivity index (χ2n) is 6.32. The molecule has 1 aromatic carbocycles. The van der Waals surface area contributed by atoms with Crippen LogP contribution in [0.15, 0.2) is 12.1 Å². The molecule has 1 saturated heterocycles. The summed E-state index contributed by atoms with van der Waals surface area (Å²) in [6.45, 7) is 10.4. The van der Waals surface area contributed by atoms with Gasteiger partial charge in [-0.15, -0.1) is 12.4 Å². The van der Waals surface area contributed by atoms with Crippen LogP contribution >= 0.6 is 12.4 Å². The van der Waals surface area contributed by atoms with E-state index in [1.165, 1.54) is 0 Å². The van der Waals surface area contributed by atoms with Gasteiger partial charge in [0.15, 0.2) is 0 Å². The zero-order chi connectivity index (χ0) is 16.8. The fraction of sp³-hybridized carbons (Fsp3) is 0.611. The van der Waals surface area contributed by atoms with Crippen LogP contribution < -0.4 is 10.1 Å². The Bertz CT molecular complexity index is 543. The zero-order valence-electron chi connectivity index (χ0n) is 15.1. The quantitative estimate of drug-likeness (QED) is 0.850. The van der Waals surface area contributed by atoms with Gasteiger partial charge in [-0.25, -0.2) is 0 Å². The number of halogens is 1. The molecule has 0 aliphatic carbocycles. The minimum absolute atomic E-state index is 0. The van der Waals surface area contributed by atoms with Crippen LogP contribution in [0, 0.1) is 6.92 Å². The molecule has 1 amide bonds. The number of morpholine rings is 1. The average molecular weight is 357 g/mol. The van der Waals surface area contributed by atoms with Gasteiger partial charge in [-0.2, -0.15) is 0 Å². The Balaban J connectivity index is 0.00000288. The second kappa shape index (κ2) is 9.87. The first-order valence-corrected chi connectivity index (χ1v) is 8.29. The Morgan fingerprint density at radius 2 is 2.00 bits per heavy atom. The van der Waals surface area contributed by atoms with Crippen LogP contribution in [0.3, 0.4) is 0 Å². The third kappa shape index (κ3) is 5.65. The number of nitrogens with one attached hydrogen (secondary N) is 1. The summed E-state index contributed by atoms with van der Waals surface area (Å²) in [7, 11) is 1.68. The average Bonchev–Trinajstić information content (AvgIpc) is 2.55. The van der Waals surface area contributed by atoms with E-state index in [0.29, 0.717) is 12.3 Å². The molecule has 0 atom stereocenters. The molecule has 0 bridgehead atoms. The third-order valence-electron chi connectivity index (χ3n) is 4.23. The fourth-order valence-electron chi connectivity index (χ4n) is 2.76. The zero-order valence-corrected chi connectivity index (χ0v) is 15.9. The Hall–Kier alpha value is -1.30. The van der Waals surface area contributed by atoms with Gasteiger partial charge in [0.25, 0.3) is 0 Å². The first-order valence-electron chi connectivity index (χ1n) is 8.29. The number of nitrogens with zero attached hydrogens (tertiary/aromatic N) is 1. The van der Waals surface area contributed by atoms with Crippen LogP contribution in [0.2, 0.25) is 0 Å². The van der Waals surface area contributed by atoms with Gasteiger partial charge in [-0.05, 0) is 36.1 Å². The summed E-state index contributed by atoms with van der Waals surface area (Å²) in [5.41, 5.74) is 3.01. The van der Waals surface area contributed by atoms with Crippen molar-refractivity contribution in [1.82, 2.24) is 4.90 Å². The Morgan fingerprint density at radius 1 is 1.33 bits per heavy atom. The molecule has 136 valence electrons. The highest BCUT2D eigenvalue weighted by molar-refractivity contribution is 5.92. The van der Waals surface area contributed by atoms with Crippen LogP contribution in [-0.4, -0.2) is 50.8 Å². The first kappa shape index (κ1) is 20.7. The number of hydrogen-bond acceptors (Lipinski definition) is 4. The highest BCUT2D eigenvalue weighted by Gasteiger charge is 2.15. The van der Waals surface area contributed by atoms with Crippen molar-refractivity contribution in [2.45, 2.75) is 33.1 Å². The number of methoxy groups -OCH3 is 1. The summed E-state index contributed by atoms with van der Waals surface area (Å²) >= 11 is 0. The van der Waals surface area contributed by atoms with E-state index >= 15 is 0 Å². The SMILES string of the molecule is COc1cc(C)c(NC(=O)CCN2CCOCC2)cc1C(C)C.Cl. The fourth-order valence-corrected chi connectivity index (χ4v) is 2.76. The van der Waals surface area contributed by atoms with Crippen LogP contribution in [-0.2, 0) is 9.53 Å². The summed E-state index contributed by atoms with van der Waals surface area (Å²) in [6.07, 6.45) is 0.502. The summed E-state index contributed by atoms with van der Waals surface area (Å²) in [5, 5.41) is 3.04. The number of anilines is 1. The molecule has 1 heterocycles. The van der Waals surface area contributed by atoms with Crippen molar-refractivity contribution in [1.29, 1.82) is 0 Å². The monoisotopic (exact) mass is 356 g/mol. The predicted octanol–water partition coefficient (Wildman–Crippen LogP) is 3.21. The smallest absolute Gasteiger partial charge is 0.225 e. The molecule has 24 heavy (non-hydrogen) atoms. The maximum atomic E-state index is 12.2. The van der Waals surface area contributed by atoms with E-state index in [1.807, 2.05) is 19.1 Å². The molecule has 1 aliphatic rings. The van der Waals surface area contributed by atoms with Crippen LogP contribution in [0.25, 0.3) is 0 Å². The normalized spacial score (nSPS) is 15.0. The molecule has 5 nitrogen and oxygen atoms in total. The van der Waals surface area contributed by atoms with E-state index in [-0.39, 0.29) is 18.3 Å². The highest BCUT2D eigenvalue weighted by atomic mass is 35.5. The third-order valence-corrected chi connectivity index (χ3v) is 4.23. The molecule has 0 saturated carbocycles. The molecule has 6 heteroatoms. The van der Waals surface area contributed by atoms with Crippen molar-refractivity contribution >= 4 is 24.0 Å². The maximum Gasteiger partial charge on any atom is 0.225 e. The van der Waals surface area contributed by atoms with Crippen LogP contribution in [0.1, 0.15) is 37.3 Å². The lowest BCUT2D eigenvalue weighted by Gasteiger charge is -2.26. The molecule has 1 fully saturated rings. The van der Waals surface area contributed by atoms with Gasteiger partial charge >= 0.3 is 0 Å². The van der Waals surface area contributed by atoms with E-state index in [9.17, 15) is 4.79 Å². The second-order valence-corrected chi connectivity index (χ2v) is 6.32. The van der Waals surface area contributed by atoms with Crippen molar-refractivity contribution in [3.05, 3.63) is 23.3 Å². The van der Waals surface area contributed by atoms with Crippen molar-refractivity contribution in [2.24, 2.45) is 0 Å². The lowest BCUT2D eigenvalue weighted by molar-refractivity contribution is -0.116. The number of rotatable bonds is 6. The molecule has 0 spiro atoms. The molecular formula is C18H29ClN2O3. The molecule has 2 rings (SSSR count). The van der Waals surface area contributed by atoms with E-state index in [1.54, 1.807) is 7.11 Å². The van der Waals surface area contributed by atoms with Crippen molar-refractivity contribution in [3.63, 3.8) is 0 Å². The molecule has 1 N–H and O–H groups in total. The van der Waals surface area contributed by atoms with Crippen LogP contribution in [0.4, 0.5) is 5.69 Å². The van der Waals surface area contributed by atoms with E-state index in [0.717, 1.165) is 55.4 Å². The number of ether oxygens (including phenoxy) is 2. The topological polar surface area (TPSA) is 50.8 Å². The van der Waals surface area contributed by atoms with Crippen molar-refractivity contribution < 1.29 is 14.3 Å². The standard InChI is InChI=1S/C18H28N2O3.ClH/c1-13(2)15-12-16(14(3)11-17(15)22-4)19-18(21)5-6-20-7-9-23-10-8-20;/h11-13H,5-10H2,1-4H3,(H,19,21);1H. The number of aryl methyl sites for hydroxylation is 1. The molecule has 0 radical (unpaired) electrons. The molecular weight excluding hydrogens is 328 g/mol. The predicted molar refractivity (Wildman–Crippen MR) is 99.6 cm³/mol. The Kier molecular flexibility index (Phi) is 8.53. The minimum atomic E-state index is 0. The summed E-state index contributed by atoms with van der Waals surface area (Å²) in [4.78, 5) is 14.5. The van der Waals surface area contributed by atoms with E-state index in [4.69, 9.17) is 9.47 Å². The number of benzene rings is 1. The highest BCUT2D eigenvalue weighted by Crippen LogP contribution is 2.32. The van der Waals surface area contributed by atoms with Gasteiger partial charge in [0.05, 0.1) is 20.3 Å². The number of hydrogen-bond donors (Lipinski definition) is 1. The largest absolute Gasteiger partial charge is 0.496 e. The van der Waals surface area contributed by atoms with Gasteiger partial charge in [-0.1, -0.05) is 13.8 Å². The van der Waals surface area contributed by atoms with Crippen LogP contribution in [0.5, 0.6) is 5.75 Å². The number of amides is 1. The number of carbonyl (C=O) groups is 1. The molecule has 0 unspecified atom stereocenters. The van der Waals surface area contributed by atoms with Gasteiger partial charge in [0, 0.05) is 31.7 Å². The Labute approximate surface area is 151 Å². The maximum absolute atomic E-state index is 12.2. The van der Waals surface area contributed by atoms with Gasteiger partial charge in [-0.3, -0.25) is 9.69 Å². The number of carbonyl (C=O) groups excluding carboxylic acids is 1. The lowest BCUT2D eigenvalue weighted by atomic mass is 9.99. The first-order chi connectivity index (χ1) is 11.0. The molecule has 0 aromatic heterocycles. The Morgan fingerprint density at radius 3 is 2.58 bits per heavy atom. The van der Waals surface area contributed by atoms with Gasteiger partial charge < -0.3 is 14.8 Å². The summed E-state index contributed by atoms with van der Waals surface area (Å²) in [5.74, 6) is 1.28. The van der Waals surface area contributed by atoms with E-state index < -0.39 is 0 Å². The minimum Gasteiger partial charge on any atom is -0.496 e. The van der Waals surface area contributed by atoms with Gasteiger partial charge in [0.2, 0.25) is 5.91 Å². The lowest BCUT2D eigenvalue weighted by Crippen LogP contribution is -2.38.